The van der Waals surface area contributed by atoms with Crippen molar-refractivity contribution in [3.8, 4) is 0 Å². The Bertz CT molecular complexity index is 716. The van der Waals surface area contributed by atoms with Crippen molar-refractivity contribution in [3.05, 3.63) is 34.5 Å². The molecule has 2 atom stereocenters. The molecule has 1 saturated heterocycles. The predicted octanol–water partition coefficient (Wildman–Crippen LogP) is 2.44. The fourth-order valence-corrected chi connectivity index (χ4v) is 2.75. The lowest BCUT2D eigenvalue weighted by molar-refractivity contribution is 0.0928. The van der Waals surface area contributed by atoms with Gasteiger partial charge in [0.2, 0.25) is 0 Å². The lowest BCUT2D eigenvalue weighted by Crippen LogP contribution is -2.39. The lowest BCUT2D eigenvalue weighted by atomic mass is 10.1. The molecule has 1 fully saturated rings. The summed E-state index contributed by atoms with van der Waals surface area (Å²) < 4.78 is 27.2. The SMILES string of the molecule is C[C@H]1CNC[C@@H]1NC(=O)c1cc2cc(Cl)c(F)c(F)c2[nH]1. The number of nitrogens with one attached hydrogen (secondary N) is 3. The van der Waals surface area contributed by atoms with E-state index in [1.165, 1.54) is 12.1 Å². The third kappa shape index (κ3) is 2.49. The zero-order valence-electron chi connectivity index (χ0n) is 11.3. The van der Waals surface area contributed by atoms with E-state index in [0.29, 0.717) is 17.8 Å². The van der Waals surface area contributed by atoms with Crippen LogP contribution in [0.25, 0.3) is 10.9 Å². The second-order valence-electron chi connectivity index (χ2n) is 5.35. The second kappa shape index (κ2) is 5.27. The van der Waals surface area contributed by atoms with Crippen LogP contribution in [0.3, 0.4) is 0 Å². The summed E-state index contributed by atoms with van der Waals surface area (Å²) in [5.74, 6) is -2.22. The molecule has 0 radical (unpaired) electrons. The third-order valence-electron chi connectivity index (χ3n) is 3.83. The van der Waals surface area contributed by atoms with Gasteiger partial charge < -0.3 is 15.6 Å². The van der Waals surface area contributed by atoms with E-state index < -0.39 is 11.6 Å². The average Bonchev–Trinajstić information content (AvgIpc) is 3.03. The first-order valence-electron chi connectivity index (χ1n) is 6.65. The maximum atomic E-state index is 13.8. The maximum Gasteiger partial charge on any atom is 0.268 e. The molecule has 3 N–H and O–H groups in total. The minimum Gasteiger partial charge on any atom is -0.348 e. The molecule has 0 unspecified atom stereocenters. The highest BCUT2D eigenvalue weighted by Crippen LogP contribution is 2.27. The Hall–Kier alpha value is -1.66. The van der Waals surface area contributed by atoms with Crippen molar-refractivity contribution in [2.45, 2.75) is 13.0 Å². The molecule has 2 aromatic rings. The molecule has 0 saturated carbocycles. The summed E-state index contributed by atoms with van der Waals surface area (Å²) in [6.07, 6.45) is 0. The van der Waals surface area contributed by atoms with Gasteiger partial charge >= 0.3 is 0 Å². The summed E-state index contributed by atoms with van der Waals surface area (Å²) in [5.41, 5.74) is 0.129. The molecule has 0 spiro atoms. The molecule has 0 aliphatic carbocycles. The van der Waals surface area contributed by atoms with Gasteiger partial charge in [0.1, 0.15) is 5.69 Å². The molecule has 7 heteroatoms. The summed E-state index contributed by atoms with van der Waals surface area (Å²) in [5, 5.41) is 6.11. The van der Waals surface area contributed by atoms with E-state index in [1.54, 1.807) is 0 Å². The van der Waals surface area contributed by atoms with Crippen molar-refractivity contribution in [2.75, 3.05) is 13.1 Å². The fraction of sp³-hybridized carbons (Fsp3) is 0.357. The maximum absolute atomic E-state index is 13.8. The lowest BCUT2D eigenvalue weighted by Gasteiger charge is -2.15. The molecule has 1 amide bonds. The van der Waals surface area contributed by atoms with Crippen LogP contribution < -0.4 is 10.6 Å². The van der Waals surface area contributed by atoms with Crippen LogP contribution >= 0.6 is 11.6 Å². The van der Waals surface area contributed by atoms with Gasteiger partial charge in [-0.05, 0) is 24.6 Å². The zero-order valence-corrected chi connectivity index (χ0v) is 12.0. The monoisotopic (exact) mass is 313 g/mol. The molecule has 1 aliphatic heterocycles. The van der Waals surface area contributed by atoms with Gasteiger partial charge in [0.05, 0.1) is 10.5 Å². The van der Waals surface area contributed by atoms with Gasteiger partial charge in [-0.15, -0.1) is 0 Å². The van der Waals surface area contributed by atoms with Gasteiger partial charge in [0, 0.05) is 18.0 Å². The van der Waals surface area contributed by atoms with Gasteiger partial charge in [-0.1, -0.05) is 18.5 Å². The normalized spacial score (nSPS) is 21.9. The fourth-order valence-electron chi connectivity index (χ4n) is 2.55. The number of amides is 1. The van der Waals surface area contributed by atoms with E-state index in [4.69, 9.17) is 11.6 Å². The number of rotatable bonds is 2. The minimum absolute atomic E-state index is 0.0223. The van der Waals surface area contributed by atoms with Gasteiger partial charge in [-0.3, -0.25) is 4.79 Å². The number of H-pyrrole nitrogens is 1. The van der Waals surface area contributed by atoms with E-state index in [1.807, 2.05) is 6.92 Å². The van der Waals surface area contributed by atoms with Crippen molar-refractivity contribution in [1.82, 2.24) is 15.6 Å². The molecule has 1 aromatic heterocycles. The molecular weight excluding hydrogens is 300 g/mol. The van der Waals surface area contributed by atoms with Crippen LogP contribution in [0, 0.1) is 17.6 Å². The average molecular weight is 314 g/mol. The van der Waals surface area contributed by atoms with Gasteiger partial charge in [-0.25, -0.2) is 8.78 Å². The van der Waals surface area contributed by atoms with Crippen molar-refractivity contribution < 1.29 is 13.6 Å². The van der Waals surface area contributed by atoms with Crippen molar-refractivity contribution in [2.24, 2.45) is 5.92 Å². The Morgan fingerprint density at radius 2 is 2.10 bits per heavy atom. The van der Waals surface area contributed by atoms with Crippen molar-refractivity contribution in [1.29, 1.82) is 0 Å². The Labute approximate surface area is 124 Å². The summed E-state index contributed by atoms with van der Waals surface area (Å²) in [6.45, 7) is 3.57. The Kier molecular flexibility index (Phi) is 3.59. The number of aromatic nitrogens is 1. The number of hydrogen-bond donors (Lipinski definition) is 3. The standard InChI is InChI=1S/C14H14ClF2N3O/c1-6-4-18-5-10(6)20-14(21)9-3-7-2-8(15)11(16)12(17)13(7)19-9/h2-3,6,10,18-19H,4-5H2,1H3,(H,20,21)/t6-,10-/m0/s1. The molecule has 0 bridgehead atoms. The zero-order chi connectivity index (χ0) is 15.1. The Morgan fingerprint density at radius 1 is 1.33 bits per heavy atom. The van der Waals surface area contributed by atoms with Crippen LogP contribution in [0.15, 0.2) is 12.1 Å². The first kappa shape index (κ1) is 14.3. The second-order valence-corrected chi connectivity index (χ2v) is 5.76. The topological polar surface area (TPSA) is 56.9 Å². The van der Waals surface area contributed by atoms with E-state index in [2.05, 4.69) is 15.6 Å². The number of carbonyl (C=O) groups is 1. The van der Waals surface area contributed by atoms with Crippen molar-refractivity contribution >= 4 is 28.4 Å². The van der Waals surface area contributed by atoms with Gasteiger partial charge in [0.25, 0.3) is 5.91 Å². The number of carbonyl (C=O) groups excluding carboxylic acids is 1. The van der Waals surface area contributed by atoms with Crippen LogP contribution in [0.2, 0.25) is 5.02 Å². The van der Waals surface area contributed by atoms with Crippen LogP contribution in [-0.4, -0.2) is 30.0 Å². The number of fused-ring (bicyclic) bond motifs is 1. The van der Waals surface area contributed by atoms with Crippen LogP contribution in [0.4, 0.5) is 8.78 Å². The first-order valence-corrected chi connectivity index (χ1v) is 7.03. The van der Waals surface area contributed by atoms with E-state index in [0.717, 1.165) is 6.54 Å². The molecule has 4 nitrogen and oxygen atoms in total. The summed E-state index contributed by atoms with van der Waals surface area (Å²) in [7, 11) is 0. The summed E-state index contributed by atoms with van der Waals surface area (Å²) in [4.78, 5) is 14.8. The molecule has 21 heavy (non-hydrogen) atoms. The largest absolute Gasteiger partial charge is 0.348 e. The molecule has 112 valence electrons. The summed E-state index contributed by atoms with van der Waals surface area (Å²) in [6, 6.07) is 2.78. The first-order chi connectivity index (χ1) is 9.97. The minimum atomic E-state index is -1.12. The Balaban J connectivity index is 1.90. The quantitative estimate of drug-likeness (QED) is 0.746. The molecule has 3 rings (SSSR count). The van der Waals surface area contributed by atoms with Crippen molar-refractivity contribution in [3.63, 3.8) is 0 Å². The highest BCUT2D eigenvalue weighted by molar-refractivity contribution is 6.31. The van der Waals surface area contributed by atoms with Gasteiger partial charge in [0.15, 0.2) is 11.6 Å². The number of hydrogen-bond acceptors (Lipinski definition) is 2. The van der Waals surface area contributed by atoms with E-state index >= 15 is 0 Å². The molecule has 1 aliphatic rings. The number of halogens is 3. The van der Waals surface area contributed by atoms with Crippen LogP contribution in [0.1, 0.15) is 17.4 Å². The third-order valence-corrected chi connectivity index (χ3v) is 4.11. The van der Waals surface area contributed by atoms with E-state index in [9.17, 15) is 13.6 Å². The molecular formula is C14H14ClF2N3O. The van der Waals surface area contributed by atoms with Crippen LogP contribution in [0.5, 0.6) is 0 Å². The predicted molar refractivity (Wildman–Crippen MR) is 76.5 cm³/mol. The van der Waals surface area contributed by atoms with E-state index in [-0.39, 0.29) is 28.2 Å². The highest BCUT2D eigenvalue weighted by Gasteiger charge is 2.25. The number of benzene rings is 1. The Morgan fingerprint density at radius 3 is 2.76 bits per heavy atom. The molecule has 1 aromatic carbocycles. The van der Waals surface area contributed by atoms with Gasteiger partial charge in [-0.2, -0.15) is 0 Å². The highest BCUT2D eigenvalue weighted by atomic mass is 35.5. The number of aromatic amines is 1. The smallest absolute Gasteiger partial charge is 0.268 e. The van der Waals surface area contributed by atoms with Crippen LogP contribution in [-0.2, 0) is 0 Å². The molecule has 2 heterocycles. The summed E-state index contributed by atoms with van der Waals surface area (Å²) >= 11 is 5.60.